The van der Waals surface area contributed by atoms with E-state index in [2.05, 4.69) is 16.9 Å². The second-order valence-corrected chi connectivity index (χ2v) is 6.37. The molecule has 5 heteroatoms. The van der Waals surface area contributed by atoms with Gasteiger partial charge in [0, 0.05) is 12.1 Å². The summed E-state index contributed by atoms with van der Waals surface area (Å²) in [5, 5.41) is 0. The van der Waals surface area contributed by atoms with E-state index in [1.54, 1.807) is 6.92 Å². The molecule has 0 spiro atoms. The first-order chi connectivity index (χ1) is 11.2. The molecule has 23 heavy (non-hydrogen) atoms. The van der Waals surface area contributed by atoms with Crippen molar-refractivity contribution in [3.05, 3.63) is 23.5 Å². The van der Waals surface area contributed by atoms with Crippen molar-refractivity contribution < 1.29 is 13.9 Å². The lowest BCUT2D eigenvalue weighted by atomic mass is 9.79. The Hall–Kier alpha value is -1.52. The molecule has 1 aromatic rings. The van der Waals surface area contributed by atoms with E-state index in [9.17, 15) is 9.18 Å². The number of nitrogens with zero attached hydrogens (tertiary/aromatic N) is 2. The lowest BCUT2D eigenvalue weighted by Crippen LogP contribution is -2.17. The summed E-state index contributed by atoms with van der Waals surface area (Å²) in [6.07, 6.45) is 10.8. The number of esters is 1. The first-order valence-corrected chi connectivity index (χ1v) is 8.85. The Morgan fingerprint density at radius 1 is 1.26 bits per heavy atom. The SMILES string of the molecule is CCCCC[C@H]1CC[C@H](c2ncc(C(=O)OCC)c(F)n2)CC1. The molecule has 2 rings (SSSR count). The third kappa shape index (κ3) is 4.98. The molecule has 0 radical (unpaired) electrons. The van der Waals surface area contributed by atoms with Crippen LogP contribution in [0.15, 0.2) is 6.20 Å². The van der Waals surface area contributed by atoms with E-state index in [-0.39, 0.29) is 18.1 Å². The van der Waals surface area contributed by atoms with Gasteiger partial charge in [-0.15, -0.1) is 0 Å². The van der Waals surface area contributed by atoms with Gasteiger partial charge in [0.15, 0.2) is 0 Å². The molecule has 1 aromatic heterocycles. The summed E-state index contributed by atoms with van der Waals surface area (Å²) in [7, 11) is 0. The summed E-state index contributed by atoms with van der Waals surface area (Å²) < 4.78 is 18.8. The van der Waals surface area contributed by atoms with E-state index in [1.807, 2.05) is 0 Å². The zero-order valence-corrected chi connectivity index (χ0v) is 14.2. The molecule has 0 aliphatic heterocycles. The Morgan fingerprint density at radius 3 is 2.61 bits per heavy atom. The summed E-state index contributed by atoms with van der Waals surface area (Å²) in [6, 6.07) is 0. The average Bonchev–Trinajstić information content (AvgIpc) is 2.56. The van der Waals surface area contributed by atoms with Crippen molar-refractivity contribution in [1.29, 1.82) is 0 Å². The van der Waals surface area contributed by atoms with Crippen LogP contribution in [0, 0.1) is 11.9 Å². The fourth-order valence-electron chi connectivity index (χ4n) is 3.31. The average molecular weight is 322 g/mol. The maximum absolute atomic E-state index is 14.0. The van der Waals surface area contributed by atoms with Crippen LogP contribution in [0.1, 0.15) is 87.3 Å². The maximum atomic E-state index is 14.0. The van der Waals surface area contributed by atoms with E-state index in [4.69, 9.17) is 4.74 Å². The monoisotopic (exact) mass is 322 g/mol. The van der Waals surface area contributed by atoms with Crippen LogP contribution >= 0.6 is 0 Å². The summed E-state index contributed by atoms with van der Waals surface area (Å²) in [5.41, 5.74) is -0.177. The van der Waals surface area contributed by atoms with Gasteiger partial charge in [-0.2, -0.15) is 4.39 Å². The fraction of sp³-hybridized carbons (Fsp3) is 0.722. The molecule has 0 amide bonds. The Kier molecular flexibility index (Phi) is 6.93. The van der Waals surface area contributed by atoms with Gasteiger partial charge in [-0.1, -0.05) is 32.6 Å². The molecule has 0 bridgehead atoms. The Bertz CT molecular complexity index is 514. The quantitative estimate of drug-likeness (QED) is 0.417. The minimum Gasteiger partial charge on any atom is -0.462 e. The highest BCUT2D eigenvalue weighted by molar-refractivity contribution is 5.88. The van der Waals surface area contributed by atoms with Crippen molar-refractivity contribution in [2.75, 3.05) is 6.61 Å². The molecule has 0 unspecified atom stereocenters. The van der Waals surface area contributed by atoms with E-state index >= 15 is 0 Å². The number of carbonyl (C=O) groups is 1. The number of ether oxygens (including phenoxy) is 1. The van der Waals surface area contributed by atoms with Crippen molar-refractivity contribution in [1.82, 2.24) is 9.97 Å². The second kappa shape index (κ2) is 8.94. The molecule has 1 heterocycles. The van der Waals surface area contributed by atoms with E-state index in [0.29, 0.717) is 5.82 Å². The highest BCUT2D eigenvalue weighted by Crippen LogP contribution is 2.36. The van der Waals surface area contributed by atoms with Crippen LogP contribution in [-0.2, 0) is 4.74 Å². The third-order valence-corrected chi connectivity index (χ3v) is 4.68. The summed E-state index contributed by atoms with van der Waals surface area (Å²) in [4.78, 5) is 19.7. The van der Waals surface area contributed by atoms with E-state index < -0.39 is 11.9 Å². The molecule has 1 aliphatic rings. The molecule has 1 aliphatic carbocycles. The minimum atomic E-state index is -0.765. The molecular formula is C18H27FN2O2. The normalized spacial score (nSPS) is 21.2. The van der Waals surface area contributed by atoms with Crippen LogP contribution in [0.2, 0.25) is 0 Å². The predicted octanol–water partition coefficient (Wildman–Crippen LogP) is 4.65. The molecule has 0 atom stereocenters. The Labute approximate surface area is 137 Å². The van der Waals surface area contributed by atoms with Crippen LogP contribution in [0.25, 0.3) is 0 Å². The van der Waals surface area contributed by atoms with Crippen molar-refractivity contribution in [3.63, 3.8) is 0 Å². The smallest absolute Gasteiger partial charge is 0.344 e. The zero-order chi connectivity index (χ0) is 16.7. The molecule has 0 N–H and O–H groups in total. The number of hydrogen-bond donors (Lipinski definition) is 0. The second-order valence-electron chi connectivity index (χ2n) is 6.37. The fourth-order valence-corrected chi connectivity index (χ4v) is 3.31. The maximum Gasteiger partial charge on any atom is 0.344 e. The van der Waals surface area contributed by atoms with Gasteiger partial charge in [0.2, 0.25) is 5.95 Å². The number of aromatic nitrogens is 2. The molecular weight excluding hydrogens is 295 g/mol. The first-order valence-electron chi connectivity index (χ1n) is 8.85. The molecule has 0 aromatic carbocycles. The van der Waals surface area contributed by atoms with E-state index in [1.165, 1.54) is 44.7 Å². The minimum absolute atomic E-state index is 0.177. The highest BCUT2D eigenvalue weighted by Gasteiger charge is 2.25. The van der Waals surface area contributed by atoms with Gasteiger partial charge in [0.1, 0.15) is 11.4 Å². The van der Waals surface area contributed by atoms with Crippen LogP contribution < -0.4 is 0 Å². The number of rotatable bonds is 7. The molecule has 4 nitrogen and oxygen atoms in total. The van der Waals surface area contributed by atoms with Gasteiger partial charge in [-0.3, -0.25) is 0 Å². The van der Waals surface area contributed by atoms with Crippen molar-refractivity contribution in [2.45, 2.75) is 71.1 Å². The van der Waals surface area contributed by atoms with Gasteiger partial charge in [-0.25, -0.2) is 14.8 Å². The van der Waals surface area contributed by atoms with Crippen LogP contribution in [0.5, 0.6) is 0 Å². The Balaban J connectivity index is 1.91. The topological polar surface area (TPSA) is 52.1 Å². The van der Waals surface area contributed by atoms with Gasteiger partial charge in [0.25, 0.3) is 0 Å². The van der Waals surface area contributed by atoms with Gasteiger partial charge >= 0.3 is 5.97 Å². The van der Waals surface area contributed by atoms with Gasteiger partial charge < -0.3 is 4.74 Å². The predicted molar refractivity (Wildman–Crippen MR) is 86.8 cm³/mol. The van der Waals surface area contributed by atoms with Crippen molar-refractivity contribution in [3.8, 4) is 0 Å². The number of hydrogen-bond acceptors (Lipinski definition) is 4. The summed E-state index contributed by atoms with van der Waals surface area (Å²) in [5.74, 6) is 0.0712. The van der Waals surface area contributed by atoms with Crippen LogP contribution in [0.3, 0.4) is 0 Å². The third-order valence-electron chi connectivity index (χ3n) is 4.68. The standard InChI is InChI=1S/C18H27FN2O2/c1-3-5-6-7-13-8-10-14(11-9-13)17-20-12-15(16(19)21-17)18(22)23-4-2/h12-14H,3-11H2,1-2H3/t13-,14-. The lowest BCUT2D eigenvalue weighted by molar-refractivity contribution is 0.0519. The van der Waals surface area contributed by atoms with Crippen molar-refractivity contribution >= 4 is 5.97 Å². The van der Waals surface area contributed by atoms with E-state index in [0.717, 1.165) is 18.8 Å². The molecule has 1 fully saturated rings. The number of carbonyl (C=O) groups excluding carboxylic acids is 1. The lowest BCUT2D eigenvalue weighted by Gasteiger charge is -2.27. The summed E-state index contributed by atoms with van der Waals surface area (Å²) >= 11 is 0. The molecule has 1 saturated carbocycles. The first kappa shape index (κ1) is 17.8. The number of halogens is 1. The largest absolute Gasteiger partial charge is 0.462 e. The highest BCUT2D eigenvalue weighted by atomic mass is 19.1. The molecule has 0 saturated heterocycles. The van der Waals surface area contributed by atoms with Crippen molar-refractivity contribution in [2.24, 2.45) is 5.92 Å². The number of unbranched alkanes of at least 4 members (excludes halogenated alkanes) is 2. The van der Waals surface area contributed by atoms with Crippen LogP contribution in [-0.4, -0.2) is 22.5 Å². The Morgan fingerprint density at radius 2 is 2.00 bits per heavy atom. The van der Waals surface area contributed by atoms with Gasteiger partial charge in [0.05, 0.1) is 6.61 Å². The molecule has 128 valence electrons. The van der Waals surface area contributed by atoms with Crippen LogP contribution in [0.4, 0.5) is 4.39 Å². The zero-order valence-electron chi connectivity index (χ0n) is 14.2. The van der Waals surface area contributed by atoms with Gasteiger partial charge in [-0.05, 0) is 38.5 Å². The summed E-state index contributed by atoms with van der Waals surface area (Å²) in [6.45, 7) is 4.12.